The molecule has 1 aliphatic heterocycles. The Morgan fingerprint density at radius 3 is 2.45 bits per heavy atom. The fourth-order valence-corrected chi connectivity index (χ4v) is 4.64. The molecule has 0 saturated carbocycles. The Kier molecular flexibility index (Phi) is 8.41. The van der Waals surface area contributed by atoms with Crippen LogP contribution >= 0.6 is 0 Å². The number of ether oxygens (including phenoxy) is 2. The van der Waals surface area contributed by atoms with E-state index in [-0.39, 0.29) is 41.0 Å². The van der Waals surface area contributed by atoms with Crippen LogP contribution in [0.15, 0.2) is 48.5 Å². The molecule has 2 unspecified atom stereocenters. The van der Waals surface area contributed by atoms with Gasteiger partial charge in [-0.1, -0.05) is 30.3 Å². The van der Waals surface area contributed by atoms with Gasteiger partial charge in [0.15, 0.2) is 0 Å². The molecule has 1 amide bonds. The lowest BCUT2D eigenvalue weighted by Crippen LogP contribution is -2.43. The number of benzene rings is 2. The zero-order valence-electron chi connectivity index (χ0n) is 19.8. The van der Waals surface area contributed by atoms with E-state index in [0.29, 0.717) is 13.1 Å². The molecule has 0 N–H and O–H groups in total. The van der Waals surface area contributed by atoms with Crippen molar-refractivity contribution in [2.75, 3.05) is 40.5 Å². The van der Waals surface area contributed by atoms with E-state index in [9.17, 15) is 14.9 Å². The van der Waals surface area contributed by atoms with E-state index in [4.69, 9.17) is 9.47 Å². The molecule has 0 bridgehead atoms. The Hall–Kier alpha value is -2.97. The van der Waals surface area contributed by atoms with Crippen LogP contribution in [0.5, 0.6) is 5.75 Å². The number of nitro groups is 1. The summed E-state index contributed by atoms with van der Waals surface area (Å²) in [5.41, 5.74) is 2.25. The van der Waals surface area contributed by atoms with Gasteiger partial charge in [-0.05, 0) is 37.0 Å². The fraction of sp³-hybridized carbons (Fsp3) is 0.480. The first kappa shape index (κ1) is 24.7. The van der Waals surface area contributed by atoms with Gasteiger partial charge < -0.3 is 14.4 Å². The Morgan fingerprint density at radius 1 is 1.15 bits per heavy atom. The molecule has 1 heterocycles. The lowest BCUT2D eigenvalue weighted by molar-refractivity contribution is -0.384. The largest absolute Gasteiger partial charge is 0.496 e. The number of carbonyl (C=O) groups excluding carboxylic acids is 1. The van der Waals surface area contributed by atoms with E-state index >= 15 is 0 Å². The molecular formula is C25H33N3O5. The summed E-state index contributed by atoms with van der Waals surface area (Å²) in [7, 11) is 3.22. The van der Waals surface area contributed by atoms with Crippen LogP contribution in [0, 0.1) is 16.0 Å². The van der Waals surface area contributed by atoms with Crippen LogP contribution in [0.2, 0.25) is 0 Å². The summed E-state index contributed by atoms with van der Waals surface area (Å²) < 4.78 is 10.8. The van der Waals surface area contributed by atoms with E-state index < -0.39 is 0 Å². The van der Waals surface area contributed by atoms with Crippen molar-refractivity contribution >= 4 is 11.6 Å². The second-order valence-electron chi connectivity index (χ2n) is 8.80. The van der Waals surface area contributed by atoms with Gasteiger partial charge >= 0.3 is 0 Å². The molecular weight excluding hydrogens is 422 g/mol. The highest BCUT2D eigenvalue weighted by Gasteiger charge is 2.37. The van der Waals surface area contributed by atoms with Gasteiger partial charge in [-0.3, -0.25) is 19.8 Å². The van der Waals surface area contributed by atoms with Crippen LogP contribution in [0.25, 0.3) is 0 Å². The number of amides is 1. The van der Waals surface area contributed by atoms with E-state index in [0.717, 1.165) is 30.0 Å². The smallest absolute Gasteiger partial charge is 0.269 e. The Balaban J connectivity index is 1.84. The number of carbonyl (C=O) groups is 1. The minimum Gasteiger partial charge on any atom is -0.496 e. The monoisotopic (exact) mass is 455 g/mol. The van der Waals surface area contributed by atoms with Crippen molar-refractivity contribution in [3.63, 3.8) is 0 Å². The third-order valence-corrected chi connectivity index (χ3v) is 6.25. The van der Waals surface area contributed by atoms with Crippen molar-refractivity contribution in [2.24, 2.45) is 5.92 Å². The van der Waals surface area contributed by atoms with E-state index in [1.807, 2.05) is 49.1 Å². The number of hydrogen-bond donors (Lipinski definition) is 0. The zero-order chi connectivity index (χ0) is 24.0. The number of para-hydroxylation sites is 1. The van der Waals surface area contributed by atoms with Gasteiger partial charge in [0.05, 0.1) is 12.0 Å². The average Bonchev–Trinajstić information content (AvgIpc) is 3.19. The molecule has 178 valence electrons. The molecule has 2 aromatic carbocycles. The minimum atomic E-state index is -0.384. The molecule has 2 atom stereocenters. The summed E-state index contributed by atoms with van der Waals surface area (Å²) in [4.78, 5) is 27.5. The molecule has 0 aromatic heterocycles. The molecule has 1 aliphatic rings. The number of non-ortho nitro benzene ring substituents is 1. The molecule has 1 fully saturated rings. The first-order chi connectivity index (χ1) is 15.8. The summed E-state index contributed by atoms with van der Waals surface area (Å²) in [6.07, 6.45) is 0. The van der Waals surface area contributed by atoms with Crippen molar-refractivity contribution in [1.82, 2.24) is 9.80 Å². The molecule has 2 aromatic rings. The van der Waals surface area contributed by atoms with Crippen LogP contribution < -0.4 is 4.74 Å². The number of likely N-dealkylation sites (tertiary alicyclic amines) is 1. The lowest BCUT2D eigenvalue weighted by atomic mass is 9.87. The number of rotatable bonds is 10. The maximum absolute atomic E-state index is 12.7. The van der Waals surface area contributed by atoms with E-state index in [1.165, 1.54) is 7.11 Å². The summed E-state index contributed by atoms with van der Waals surface area (Å²) >= 11 is 0. The zero-order valence-corrected chi connectivity index (χ0v) is 19.8. The quantitative estimate of drug-likeness (QED) is 0.401. The molecule has 3 rings (SSSR count). The number of nitrogens with zero attached hydrogens (tertiary/aromatic N) is 3. The van der Waals surface area contributed by atoms with Crippen LogP contribution in [-0.2, 0) is 16.1 Å². The van der Waals surface area contributed by atoms with Gasteiger partial charge in [0, 0.05) is 57.4 Å². The van der Waals surface area contributed by atoms with Gasteiger partial charge in [0.1, 0.15) is 12.4 Å². The number of nitro benzene ring substituents is 1. The maximum Gasteiger partial charge on any atom is 0.269 e. The highest BCUT2D eigenvalue weighted by Crippen LogP contribution is 2.38. The predicted molar refractivity (Wildman–Crippen MR) is 126 cm³/mol. The van der Waals surface area contributed by atoms with E-state index in [1.54, 1.807) is 19.2 Å². The van der Waals surface area contributed by atoms with Crippen molar-refractivity contribution in [1.29, 1.82) is 0 Å². The van der Waals surface area contributed by atoms with Crippen LogP contribution in [0.1, 0.15) is 30.9 Å². The first-order valence-electron chi connectivity index (χ1n) is 11.2. The Bertz CT molecular complexity index is 947. The fourth-order valence-electron chi connectivity index (χ4n) is 4.64. The Morgan fingerprint density at radius 2 is 1.85 bits per heavy atom. The van der Waals surface area contributed by atoms with Gasteiger partial charge in [0.25, 0.3) is 5.69 Å². The summed E-state index contributed by atoms with van der Waals surface area (Å²) in [5, 5.41) is 11.0. The van der Waals surface area contributed by atoms with Gasteiger partial charge in [-0.25, -0.2) is 0 Å². The highest BCUT2D eigenvalue weighted by molar-refractivity contribution is 5.77. The minimum absolute atomic E-state index is 0.0138. The van der Waals surface area contributed by atoms with Gasteiger partial charge in [-0.2, -0.15) is 0 Å². The third-order valence-electron chi connectivity index (χ3n) is 6.25. The highest BCUT2D eigenvalue weighted by atomic mass is 16.6. The molecule has 33 heavy (non-hydrogen) atoms. The van der Waals surface area contributed by atoms with Crippen molar-refractivity contribution in [3.05, 3.63) is 69.8 Å². The van der Waals surface area contributed by atoms with Crippen molar-refractivity contribution < 1.29 is 19.2 Å². The molecule has 0 aliphatic carbocycles. The topological polar surface area (TPSA) is 85.2 Å². The SMILES string of the molecule is COCC(=O)N(CC1CN(Cc2ccc([N+](=O)[O-])cc2)CC1c1ccccc1OC)C(C)C. The summed E-state index contributed by atoms with van der Waals surface area (Å²) in [5.74, 6) is 1.24. The van der Waals surface area contributed by atoms with E-state index in [2.05, 4.69) is 11.0 Å². The molecule has 1 saturated heterocycles. The van der Waals surface area contributed by atoms with Crippen LogP contribution in [-0.4, -0.2) is 67.1 Å². The molecule has 0 spiro atoms. The van der Waals surface area contributed by atoms with Crippen LogP contribution in [0.3, 0.4) is 0 Å². The standard InChI is InChI=1S/C25H33N3O5/c1-18(2)27(25(29)17-32-3)15-20-14-26(13-19-9-11-21(12-10-19)28(30)31)16-23(20)22-7-5-6-8-24(22)33-4/h5-12,18,20,23H,13-17H2,1-4H3. The second kappa shape index (κ2) is 11.2. The summed E-state index contributed by atoms with van der Waals surface area (Å²) in [6.45, 7) is 7.05. The van der Waals surface area contributed by atoms with Crippen molar-refractivity contribution in [2.45, 2.75) is 32.4 Å². The number of methoxy groups -OCH3 is 2. The molecule has 8 heteroatoms. The normalized spacial score (nSPS) is 18.5. The van der Waals surface area contributed by atoms with Crippen LogP contribution in [0.4, 0.5) is 5.69 Å². The van der Waals surface area contributed by atoms with Crippen molar-refractivity contribution in [3.8, 4) is 5.75 Å². The summed E-state index contributed by atoms with van der Waals surface area (Å²) in [6, 6.07) is 14.8. The maximum atomic E-state index is 12.7. The third kappa shape index (κ3) is 6.09. The average molecular weight is 456 g/mol. The van der Waals surface area contributed by atoms with Gasteiger partial charge in [0.2, 0.25) is 5.91 Å². The number of hydrogen-bond acceptors (Lipinski definition) is 6. The first-order valence-corrected chi connectivity index (χ1v) is 11.2. The predicted octanol–water partition coefficient (Wildman–Crippen LogP) is 3.70. The Labute approximate surface area is 195 Å². The van der Waals surface area contributed by atoms with Gasteiger partial charge in [-0.15, -0.1) is 0 Å². The lowest BCUT2D eigenvalue weighted by Gasteiger charge is -2.31. The second-order valence-corrected chi connectivity index (χ2v) is 8.80. The molecule has 0 radical (unpaired) electrons. The molecule has 8 nitrogen and oxygen atoms in total.